The predicted molar refractivity (Wildman–Crippen MR) is 109 cm³/mol. The van der Waals surface area contributed by atoms with E-state index in [-0.39, 0.29) is 5.91 Å². The molecule has 1 aromatic carbocycles. The molecule has 5 nitrogen and oxygen atoms in total. The SMILES string of the molecule is O=C(Nc1cc(-c2cn(CC(F)F)nc2-c2ccc(F)cc2)ccn1)c1cccs1. The topological polar surface area (TPSA) is 59.8 Å². The maximum atomic E-state index is 13.3. The quantitative estimate of drug-likeness (QED) is 0.452. The van der Waals surface area contributed by atoms with Crippen molar-refractivity contribution in [1.82, 2.24) is 14.8 Å². The van der Waals surface area contributed by atoms with Gasteiger partial charge in [-0.3, -0.25) is 9.48 Å². The van der Waals surface area contributed by atoms with E-state index in [1.165, 1.54) is 48.0 Å². The van der Waals surface area contributed by atoms with Crippen LogP contribution in [0, 0.1) is 5.82 Å². The molecule has 4 aromatic rings. The van der Waals surface area contributed by atoms with E-state index < -0.39 is 18.8 Å². The third kappa shape index (κ3) is 4.41. The van der Waals surface area contributed by atoms with Crippen LogP contribution in [0.15, 0.2) is 66.3 Å². The maximum Gasteiger partial charge on any atom is 0.266 e. The summed E-state index contributed by atoms with van der Waals surface area (Å²) in [6.45, 7) is -0.568. The van der Waals surface area contributed by atoms with E-state index in [2.05, 4.69) is 15.4 Å². The van der Waals surface area contributed by atoms with E-state index in [1.807, 2.05) is 0 Å². The summed E-state index contributed by atoms with van der Waals surface area (Å²) >= 11 is 1.31. The number of aromatic nitrogens is 3. The van der Waals surface area contributed by atoms with Crippen molar-refractivity contribution in [1.29, 1.82) is 0 Å². The number of nitrogens with one attached hydrogen (secondary N) is 1. The predicted octanol–water partition coefficient (Wildman–Crippen LogP) is 5.33. The number of hydrogen-bond donors (Lipinski definition) is 1. The average molecular weight is 428 g/mol. The van der Waals surface area contributed by atoms with Crippen LogP contribution in [0.5, 0.6) is 0 Å². The molecule has 152 valence electrons. The first-order chi connectivity index (χ1) is 14.5. The van der Waals surface area contributed by atoms with Crippen LogP contribution in [0.1, 0.15) is 9.67 Å². The molecule has 1 N–H and O–H groups in total. The Morgan fingerprint density at radius 1 is 1.13 bits per heavy atom. The van der Waals surface area contributed by atoms with Crippen LogP contribution in [0.3, 0.4) is 0 Å². The van der Waals surface area contributed by atoms with E-state index in [4.69, 9.17) is 0 Å². The molecule has 3 heterocycles. The van der Waals surface area contributed by atoms with Crippen molar-refractivity contribution in [2.75, 3.05) is 5.32 Å². The Balaban J connectivity index is 1.71. The van der Waals surface area contributed by atoms with Crippen LogP contribution in [0.25, 0.3) is 22.4 Å². The fourth-order valence-corrected chi connectivity index (χ4v) is 3.56. The van der Waals surface area contributed by atoms with E-state index in [1.54, 1.807) is 29.6 Å². The fourth-order valence-electron chi connectivity index (χ4n) is 2.94. The van der Waals surface area contributed by atoms with Crippen LogP contribution in [-0.4, -0.2) is 27.1 Å². The minimum Gasteiger partial charge on any atom is -0.306 e. The molecule has 0 bridgehead atoms. The molecule has 1 amide bonds. The second kappa shape index (κ2) is 8.50. The highest BCUT2D eigenvalue weighted by Gasteiger charge is 2.17. The van der Waals surface area contributed by atoms with Crippen LogP contribution in [0.2, 0.25) is 0 Å². The monoisotopic (exact) mass is 428 g/mol. The molecule has 0 fully saturated rings. The molecule has 0 aliphatic rings. The summed E-state index contributed by atoms with van der Waals surface area (Å²) in [6.07, 6.45) is 0.445. The van der Waals surface area contributed by atoms with Gasteiger partial charge in [0.05, 0.1) is 4.88 Å². The summed E-state index contributed by atoms with van der Waals surface area (Å²) in [5.41, 5.74) is 2.21. The van der Waals surface area contributed by atoms with Crippen molar-refractivity contribution in [3.8, 4) is 22.4 Å². The number of anilines is 1. The van der Waals surface area contributed by atoms with Gasteiger partial charge in [-0.15, -0.1) is 11.3 Å². The highest BCUT2D eigenvalue weighted by Crippen LogP contribution is 2.32. The zero-order chi connectivity index (χ0) is 21.1. The molecular weight excluding hydrogens is 413 g/mol. The van der Waals surface area contributed by atoms with Crippen molar-refractivity contribution in [2.45, 2.75) is 13.0 Å². The molecule has 4 rings (SSSR count). The van der Waals surface area contributed by atoms with E-state index in [0.717, 1.165) is 4.68 Å². The maximum absolute atomic E-state index is 13.3. The second-order valence-electron chi connectivity index (χ2n) is 6.37. The lowest BCUT2D eigenvalue weighted by Crippen LogP contribution is -2.11. The van der Waals surface area contributed by atoms with Crippen LogP contribution in [0.4, 0.5) is 19.0 Å². The fraction of sp³-hybridized carbons (Fsp3) is 0.0952. The summed E-state index contributed by atoms with van der Waals surface area (Å²) in [4.78, 5) is 17.0. The van der Waals surface area contributed by atoms with Gasteiger partial charge in [-0.25, -0.2) is 18.2 Å². The molecule has 0 atom stereocenters. The number of pyridine rings is 1. The molecule has 30 heavy (non-hydrogen) atoms. The Hall–Kier alpha value is -3.46. The van der Waals surface area contributed by atoms with E-state index in [9.17, 15) is 18.0 Å². The summed E-state index contributed by atoms with van der Waals surface area (Å²) < 4.78 is 40.3. The molecule has 0 radical (unpaired) electrons. The first-order valence-corrected chi connectivity index (χ1v) is 9.80. The number of rotatable bonds is 6. The van der Waals surface area contributed by atoms with E-state index in [0.29, 0.717) is 33.1 Å². The number of benzene rings is 1. The first-order valence-electron chi connectivity index (χ1n) is 8.92. The van der Waals surface area contributed by atoms with Crippen molar-refractivity contribution in [3.63, 3.8) is 0 Å². The number of carbonyl (C=O) groups is 1. The van der Waals surface area contributed by atoms with Gasteiger partial charge in [0.2, 0.25) is 0 Å². The van der Waals surface area contributed by atoms with Crippen molar-refractivity contribution < 1.29 is 18.0 Å². The van der Waals surface area contributed by atoms with Gasteiger partial charge in [0.1, 0.15) is 23.9 Å². The Bertz CT molecular complexity index is 1160. The number of amides is 1. The minimum absolute atomic E-state index is 0.290. The Labute approximate surface area is 173 Å². The molecule has 9 heteroatoms. The Morgan fingerprint density at radius 3 is 2.63 bits per heavy atom. The van der Waals surface area contributed by atoms with Crippen molar-refractivity contribution in [2.24, 2.45) is 0 Å². The normalized spacial score (nSPS) is 11.1. The highest BCUT2D eigenvalue weighted by atomic mass is 32.1. The van der Waals surface area contributed by atoms with Gasteiger partial charge in [-0.05, 0) is 53.4 Å². The first kappa shape index (κ1) is 19.8. The molecule has 0 saturated carbocycles. The van der Waals surface area contributed by atoms with E-state index >= 15 is 0 Å². The summed E-state index contributed by atoms with van der Waals surface area (Å²) in [6, 6.07) is 12.4. The van der Waals surface area contributed by atoms with Crippen LogP contribution < -0.4 is 5.32 Å². The zero-order valence-corrected chi connectivity index (χ0v) is 16.2. The van der Waals surface area contributed by atoms with Gasteiger partial charge in [-0.2, -0.15) is 5.10 Å². The van der Waals surface area contributed by atoms with Gasteiger partial charge in [0.25, 0.3) is 12.3 Å². The van der Waals surface area contributed by atoms with Gasteiger partial charge in [0.15, 0.2) is 0 Å². The third-order valence-electron chi connectivity index (χ3n) is 4.26. The lowest BCUT2D eigenvalue weighted by molar-refractivity contribution is 0.103. The summed E-state index contributed by atoms with van der Waals surface area (Å²) in [5, 5.41) is 8.79. The average Bonchev–Trinajstić information content (AvgIpc) is 3.39. The number of alkyl halides is 2. The number of halogens is 3. The van der Waals surface area contributed by atoms with Crippen LogP contribution >= 0.6 is 11.3 Å². The lowest BCUT2D eigenvalue weighted by atomic mass is 10.0. The molecule has 0 unspecified atom stereocenters. The molecule has 3 aromatic heterocycles. The lowest BCUT2D eigenvalue weighted by Gasteiger charge is -2.06. The van der Waals surface area contributed by atoms with Gasteiger partial charge in [-0.1, -0.05) is 6.07 Å². The largest absolute Gasteiger partial charge is 0.306 e. The Morgan fingerprint density at radius 2 is 1.93 bits per heavy atom. The minimum atomic E-state index is -2.57. The smallest absolute Gasteiger partial charge is 0.266 e. The third-order valence-corrected chi connectivity index (χ3v) is 5.13. The molecule has 0 spiro atoms. The molecule has 0 aliphatic heterocycles. The number of thiophene rings is 1. The molecule has 0 saturated heterocycles. The Kier molecular flexibility index (Phi) is 5.62. The number of carbonyl (C=O) groups excluding carboxylic acids is 1. The van der Waals surface area contributed by atoms with Gasteiger partial charge in [0, 0.05) is 23.5 Å². The van der Waals surface area contributed by atoms with Gasteiger partial charge < -0.3 is 5.32 Å². The zero-order valence-electron chi connectivity index (χ0n) is 15.4. The number of nitrogens with zero attached hydrogens (tertiary/aromatic N) is 3. The molecular formula is C21H15F3N4OS. The van der Waals surface area contributed by atoms with Crippen LogP contribution in [-0.2, 0) is 6.54 Å². The van der Waals surface area contributed by atoms with Crippen molar-refractivity contribution >= 4 is 23.1 Å². The summed E-state index contributed by atoms with van der Waals surface area (Å²) in [7, 11) is 0. The number of hydrogen-bond acceptors (Lipinski definition) is 4. The molecule has 0 aliphatic carbocycles. The summed E-state index contributed by atoms with van der Waals surface area (Å²) in [5.74, 6) is -0.380. The standard InChI is InChI=1S/C21H15F3N4OS/c22-15-5-3-13(4-6-15)20-16(11-28(27-20)12-18(23)24)14-7-8-25-19(10-14)26-21(29)17-2-1-9-30-17/h1-11,18H,12H2,(H,25,26,29). The van der Waals surface area contributed by atoms with Gasteiger partial charge >= 0.3 is 0 Å². The second-order valence-corrected chi connectivity index (χ2v) is 7.32. The van der Waals surface area contributed by atoms with Crippen molar-refractivity contribution in [3.05, 3.63) is 77.0 Å². The highest BCUT2D eigenvalue weighted by molar-refractivity contribution is 7.12.